The van der Waals surface area contributed by atoms with Gasteiger partial charge in [0.1, 0.15) is 23.1 Å². The van der Waals surface area contributed by atoms with Crippen molar-refractivity contribution in [3.05, 3.63) is 319 Å². The largest absolute Gasteiger partial charge is 0.338 e. The summed E-state index contributed by atoms with van der Waals surface area (Å²) in [5.74, 6) is 1.18. The van der Waals surface area contributed by atoms with Crippen molar-refractivity contribution >= 4 is 22.7 Å². The zero-order chi connectivity index (χ0) is 66.3. The van der Waals surface area contributed by atoms with Crippen LogP contribution in [0.2, 0.25) is 0 Å². The van der Waals surface area contributed by atoms with Crippen LogP contribution in [0.5, 0.6) is 0 Å². The second kappa shape index (κ2) is 24.2. The third-order valence-electron chi connectivity index (χ3n) is 24.7. The van der Waals surface area contributed by atoms with Gasteiger partial charge in [0.25, 0.3) is 0 Å². The lowest BCUT2D eigenvalue weighted by atomic mass is 9.47. The number of aryl methyl sites for hydroxylation is 4. The summed E-state index contributed by atoms with van der Waals surface area (Å²) >= 11 is 0. The molecule has 17 rings (SSSR count). The van der Waals surface area contributed by atoms with Crippen LogP contribution in [0.25, 0.3) is 0 Å². The first-order valence-electron chi connectivity index (χ1n) is 37.3. The predicted octanol–water partition coefficient (Wildman–Crippen LogP) is 21.7. The van der Waals surface area contributed by atoms with Gasteiger partial charge in [0, 0.05) is 141 Å². The van der Waals surface area contributed by atoms with E-state index in [1.807, 2.05) is 0 Å². The highest BCUT2D eigenvalue weighted by molar-refractivity contribution is 5.81. The van der Waals surface area contributed by atoms with E-state index in [1.54, 1.807) is 33.4 Å². The SMILES string of the molecule is Cc1ccccc1N1C2=CC=CC(C2)N(C2=CC=CCC2)C2=CCCC(=C2)N(c2ccccc2C)C2C=C1C1=C(C(C)C)C3=C4C5=CC(C6C(C(C)C)=C(C(C)C)C2C1C46)N(c1ccccc1C)C1=CC=CC(C1)N(C1=CC=CCC1)C1=CCCC(=C1)[N+]5(c1ccccc1C)C3C. The van der Waals surface area contributed by atoms with E-state index in [9.17, 15) is 0 Å². The quantitative estimate of drug-likeness (QED) is 0.122. The minimum absolute atomic E-state index is 0.0388. The molecule has 492 valence electrons. The van der Waals surface area contributed by atoms with Crippen LogP contribution in [0, 0.1) is 69.1 Å². The second-order valence-corrected chi connectivity index (χ2v) is 31.1. The molecule has 0 amide bonds. The smallest absolute Gasteiger partial charge is 0.146 e. The van der Waals surface area contributed by atoms with Gasteiger partial charge in [-0.15, -0.1) is 0 Å². The number of para-hydroxylation sites is 4. The van der Waals surface area contributed by atoms with Gasteiger partial charge in [-0.3, -0.25) is 0 Å². The Balaban J connectivity index is 1.05. The molecule has 6 heteroatoms. The highest BCUT2D eigenvalue weighted by Gasteiger charge is 2.68. The van der Waals surface area contributed by atoms with Crippen molar-refractivity contribution in [3.63, 3.8) is 0 Å². The molecule has 4 aromatic carbocycles. The summed E-state index contributed by atoms with van der Waals surface area (Å²) in [7, 11) is 0. The lowest BCUT2D eigenvalue weighted by molar-refractivity contribution is 0.172. The molecule has 3 aliphatic heterocycles. The van der Waals surface area contributed by atoms with Gasteiger partial charge in [-0.25, -0.2) is 4.48 Å². The van der Waals surface area contributed by atoms with Gasteiger partial charge < -0.3 is 24.5 Å². The molecular weight excluding hydrogens is 1180 g/mol. The Kier molecular flexibility index (Phi) is 15.4. The monoisotopic (exact) mass is 1280 g/mol. The molecule has 6 nitrogen and oxygen atoms in total. The maximum Gasteiger partial charge on any atom is 0.146 e. The average molecular weight is 1280 g/mol. The normalized spacial score (nSPS) is 29.2. The maximum absolute atomic E-state index is 2.97. The van der Waals surface area contributed by atoms with E-state index in [-0.39, 0.29) is 71.6 Å². The number of benzene rings is 4. The van der Waals surface area contributed by atoms with Crippen molar-refractivity contribution in [1.82, 2.24) is 14.3 Å². The lowest BCUT2D eigenvalue weighted by Crippen LogP contribution is -2.60. The number of fused-ring (bicyclic) bond motifs is 12. The molecular formula is C91H99N6+. The third kappa shape index (κ3) is 9.48. The first-order chi connectivity index (χ1) is 47.2. The number of hydrogen-bond donors (Lipinski definition) is 0. The number of hydrogen-bond acceptors (Lipinski definition) is 5. The van der Waals surface area contributed by atoms with Gasteiger partial charge >= 0.3 is 0 Å². The molecule has 10 atom stereocenters. The summed E-state index contributed by atoms with van der Waals surface area (Å²) in [6, 6.07) is 38.2. The van der Waals surface area contributed by atoms with Crippen molar-refractivity contribution in [2.24, 2.45) is 41.4 Å². The number of anilines is 3. The first kappa shape index (κ1) is 62.0. The summed E-state index contributed by atoms with van der Waals surface area (Å²) in [6.07, 6.45) is 55.5. The summed E-state index contributed by atoms with van der Waals surface area (Å²) in [5, 5.41) is 0. The molecule has 97 heavy (non-hydrogen) atoms. The van der Waals surface area contributed by atoms with Gasteiger partial charge in [0.2, 0.25) is 0 Å². The number of allylic oxidation sites excluding steroid dienone is 20. The fourth-order valence-corrected chi connectivity index (χ4v) is 21.2. The van der Waals surface area contributed by atoms with Crippen molar-refractivity contribution in [2.75, 3.05) is 14.7 Å². The zero-order valence-corrected chi connectivity index (χ0v) is 59.3. The number of quaternary nitrogens is 1. The van der Waals surface area contributed by atoms with Crippen LogP contribution in [0.15, 0.2) is 297 Å². The molecule has 10 aliphatic carbocycles. The first-order valence-corrected chi connectivity index (χ1v) is 37.3. The molecule has 13 aliphatic rings. The van der Waals surface area contributed by atoms with Crippen LogP contribution in [-0.2, 0) is 0 Å². The molecule has 10 unspecified atom stereocenters. The van der Waals surface area contributed by atoms with Crippen LogP contribution >= 0.6 is 0 Å². The summed E-state index contributed by atoms with van der Waals surface area (Å²) in [6.45, 7) is 27.9. The lowest BCUT2D eigenvalue weighted by Gasteiger charge is -2.61. The molecule has 0 fully saturated rings. The van der Waals surface area contributed by atoms with Crippen molar-refractivity contribution in [3.8, 4) is 0 Å². The standard InChI is InChI=1S/C91H99N6/c1-56(2)82-83(57(3)4)88-79-55-81-89-85(63(11)97(81,80-49-25-21-33-62(80)10)73-45-29-44-72(53-73)93(65-36-16-13-17-37-65)68-40-28-43-71(52-68)96(79)76-48-24-20-32-61(76)9)84(58(5)6)87-78-54-77(86(82)90(87)91(88)89)94(74-46-22-18-30-59(74)7)69-41-26-38-66(50-69)92(64-34-14-12-15-35-64)67-39-27-42-70(51-67)95(78)75-47-23-19-31-60(75)8/h12-14,16,18-25,27-28,30-34,36,38-40,42-44,46-50,53-58,63,67-68,77,79,86,88,90-91H,15,17,26,29,35,37,41,45,51-52H2,1-11H3/q+1. The molecule has 0 spiro atoms. The Hall–Kier alpha value is -8.58. The average Bonchev–Trinajstić information content (AvgIpc) is 1.54. The van der Waals surface area contributed by atoms with Crippen LogP contribution in [0.1, 0.15) is 135 Å². The predicted molar refractivity (Wildman–Crippen MR) is 405 cm³/mol. The third-order valence-corrected chi connectivity index (χ3v) is 24.7. The Morgan fingerprint density at radius 3 is 1.49 bits per heavy atom. The van der Waals surface area contributed by atoms with Crippen LogP contribution < -0.4 is 19.2 Å². The highest BCUT2D eigenvalue weighted by Crippen LogP contribution is 2.71. The molecule has 0 radical (unpaired) electrons. The van der Waals surface area contributed by atoms with Crippen molar-refractivity contribution in [2.45, 2.75) is 171 Å². The van der Waals surface area contributed by atoms with Gasteiger partial charge in [-0.1, -0.05) is 186 Å². The van der Waals surface area contributed by atoms with E-state index in [1.165, 1.54) is 102 Å². The molecule has 4 aromatic rings. The Bertz CT molecular complexity index is 4550. The topological polar surface area (TPSA) is 16.2 Å². The van der Waals surface area contributed by atoms with Gasteiger partial charge in [-0.05, 0) is 180 Å². The van der Waals surface area contributed by atoms with E-state index in [0.717, 1.165) is 64.2 Å². The zero-order valence-electron chi connectivity index (χ0n) is 59.3. The second-order valence-electron chi connectivity index (χ2n) is 31.1. The fourth-order valence-electron chi connectivity index (χ4n) is 21.2. The Morgan fingerprint density at radius 2 is 0.928 bits per heavy atom. The molecule has 0 aromatic heterocycles. The Morgan fingerprint density at radius 1 is 0.433 bits per heavy atom. The van der Waals surface area contributed by atoms with E-state index in [2.05, 4.69) is 307 Å². The fraction of sp³-hybridized carbons (Fsp3) is 0.363. The summed E-state index contributed by atoms with van der Waals surface area (Å²) < 4.78 is 0.695. The van der Waals surface area contributed by atoms with E-state index in [4.69, 9.17) is 0 Å². The van der Waals surface area contributed by atoms with E-state index >= 15 is 0 Å². The molecule has 0 saturated heterocycles. The van der Waals surface area contributed by atoms with Gasteiger partial charge in [0.15, 0.2) is 0 Å². The molecule has 12 bridgehead atoms. The maximum atomic E-state index is 2.97. The van der Waals surface area contributed by atoms with Crippen LogP contribution in [0.4, 0.5) is 22.7 Å². The Labute approximate surface area is 579 Å². The molecule has 0 N–H and O–H groups in total. The van der Waals surface area contributed by atoms with Crippen molar-refractivity contribution < 1.29 is 0 Å². The summed E-state index contributed by atoms with van der Waals surface area (Å²) in [4.78, 5) is 14.4. The number of nitrogens with zero attached hydrogens (tertiary/aromatic N) is 6. The molecule has 3 heterocycles. The minimum atomic E-state index is -0.0548. The molecule has 0 saturated carbocycles. The highest BCUT2D eigenvalue weighted by atomic mass is 15.4. The van der Waals surface area contributed by atoms with E-state index in [0.29, 0.717) is 4.48 Å². The minimum Gasteiger partial charge on any atom is -0.338 e. The number of rotatable bonds is 9. The van der Waals surface area contributed by atoms with E-state index < -0.39 is 0 Å². The van der Waals surface area contributed by atoms with Gasteiger partial charge in [-0.2, -0.15) is 0 Å². The van der Waals surface area contributed by atoms with Crippen LogP contribution in [0.3, 0.4) is 0 Å². The van der Waals surface area contributed by atoms with Gasteiger partial charge in [0.05, 0.1) is 24.2 Å². The van der Waals surface area contributed by atoms with Crippen LogP contribution in [-0.4, -0.2) is 40.0 Å². The van der Waals surface area contributed by atoms with Crippen molar-refractivity contribution in [1.29, 1.82) is 0 Å². The summed E-state index contributed by atoms with van der Waals surface area (Å²) in [5.41, 5.74) is 34.6.